The Morgan fingerprint density at radius 1 is 1.44 bits per heavy atom. The van der Waals surface area contributed by atoms with Gasteiger partial charge in [-0.1, -0.05) is 6.07 Å². The molecule has 0 aromatic heterocycles. The van der Waals surface area contributed by atoms with Crippen molar-refractivity contribution in [3.8, 4) is 0 Å². The van der Waals surface area contributed by atoms with E-state index in [4.69, 9.17) is 10.7 Å². The van der Waals surface area contributed by atoms with Gasteiger partial charge in [-0.25, -0.2) is 8.42 Å². The predicted octanol–water partition coefficient (Wildman–Crippen LogP) is 2.39. The summed E-state index contributed by atoms with van der Waals surface area (Å²) in [5.74, 6) is 0. The molecule has 0 unspecified atom stereocenters. The third-order valence-electron chi connectivity index (χ3n) is 2.93. The first kappa shape index (κ1) is 11.7. The van der Waals surface area contributed by atoms with E-state index in [2.05, 4.69) is 11.8 Å². The second-order valence-electron chi connectivity index (χ2n) is 3.91. The van der Waals surface area contributed by atoms with Crippen LogP contribution in [0.1, 0.15) is 18.9 Å². The van der Waals surface area contributed by atoms with E-state index < -0.39 is 9.05 Å². The van der Waals surface area contributed by atoms with Gasteiger partial charge in [-0.2, -0.15) is 0 Å². The van der Waals surface area contributed by atoms with Crippen LogP contribution in [0.5, 0.6) is 0 Å². The summed E-state index contributed by atoms with van der Waals surface area (Å²) in [5.41, 5.74) is 2.22. The topological polar surface area (TPSA) is 37.4 Å². The fraction of sp³-hybridized carbons (Fsp3) is 0.455. The first-order valence-corrected chi connectivity index (χ1v) is 7.66. The van der Waals surface area contributed by atoms with E-state index in [0.29, 0.717) is 0 Å². The molecule has 0 atom stereocenters. The molecule has 0 amide bonds. The van der Waals surface area contributed by atoms with Crippen molar-refractivity contribution in [1.29, 1.82) is 0 Å². The molecule has 1 aliphatic heterocycles. The van der Waals surface area contributed by atoms with Crippen molar-refractivity contribution < 1.29 is 8.42 Å². The van der Waals surface area contributed by atoms with E-state index in [-0.39, 0.29) is 4.90 Å². The summed E-state index contributed by atoms with van der Waals surface area (Å²) in [5, 5.41) is 0. The first-order valence-electron chi connectivity index (χ1n) is 5.35. The molecular formula is C11H14ClNO2S. The molecule has 0 spiro atoms. The Morgan fingerprint density at radius 3 is 2.81 bits per heavy atom. The van der Waals surface area contributed by atoms with Crippen LogP contribution in [0, 0.1) is 0 Å². The zero-order valence-corrected chi connectivity index (χ0v) is 10.7. The van der Waals surface area contributed by atoms with Gasteiger partial charge in [0.25, 0.3) is 9.05 Å². The molecule has 1 aromatic carbocycles. The number of aryl methyl sites for hydroxylation is 1. The predicted molar refractivity (Wildman–Crippen MR) is 65.7 cm³/mol. The van der Waals surface area contributed by atoms with Crippen molar-refractivity contribution in [2.75, 3.05) is 18.0 Å². The van der Waals surface area contributed by atoms with Gasteiger partial charge < -0.3 is 4.90 Å². The SMILES string of the molecule is CCN1CCCc2ccc(S(=O)(=O)Cl)cc21. The lowest BCUT2D eigenvalue weighted by atomic mass is 10.0. The lowest BCUT2D eigenvalue weighted by Crippen LogP contribution is -2.29. The van der Waals surface area contributed by atoms with Crippen LogP contribution in [0.25, 0.3) is 0 Å². The normalized spacial score (nSPS) is 16.0. The fourth-order valence-corrected chi connectivity index (χ4v) is 2.88. The maximum atomic E-state index is 11.3. The van der Waals surface area contributed by atoms with E-state index in [1.165, 1.54) is 5.56 Å². The van der Waals surface area contributed by atoms with Crippen LogP contribution < -0.4 is 4.90 Å². The number of benzene rings is 1. The molecule has 1 aromatic rings. The highest BCUT2D eigenvalue weighted by molar-refractivity contribution is 8.13. The minimum atomic E-state index is -3.62. The maximum Gasteiger partial charge on any atom is 0.261 e. The molecule has 0 bridgehead atoms. The quantitative estimate of drug-likeness (QED) is 0.766. The smallest absolute Gasteiger partial charge is 0.261 e. The van der Waals surface area contributed by atoms with Gasteiger partial charge in [0.1, 0.15) is 0 Å². The molecule has 0 aliphatic carbocycles. The van der Waals surface area contributed by atoms with Crippen molar-refractivity contribution in [2.24, 2.45) is 0 Å². The van der Waals surface area contributed by atoms with Gasteiger partial charge in [-0.3, -0.25) is 0 Å². The molecule has 0 saturated carbocycles. The number of halogens is 1. The van der Waals surface area contributed by atoms with Crippen LogP contribution in [-0.2, 0) is 15.5 Å². The summed E-state index contributed by atoms with van der Waals surface area (Å²) < 4.78 is 22.5. The van der Waals surface area contributed by atoms with Gasteiger partial charge in [0, 0.05) is 29.5 Å². The lowest BCUT2D eigenvalue weighted by molar-refractivity contribution is 0.609. The summed E-state index contributed by atoms with van der Waals surface area (Å²) in [6.45, 7) is 3.94. The average molecular weight is 260 g/mol. The fourth-order valence-electron chi connectivity index (χ4n) is 2.11. The van der Waals surface area contributed by atoms with Crippen LogP contribution >= 0.6 is 10.7 Å². The van der Waals surface area contributed by atoms with Crippen LogP contribution in [0.2, 0.25) is 0 Å². The van der Waals surface area contributed by atoms with E-state index in [0.717, 1.165) is 31.6 Å². The van der Waals surface area contributed by atoms with Gasteiger partial charge in [0.15, 0.2) is 0 Å². The Morgan fingerprint density at radius 2 is 2.19 bits per heavy atom. The maximum absolute atomic E-state index is 11.3. The molecule has 2 rings (SSSR count). The van der Waals surface area contributed by atoms with Crippen molar-refractivity contribution >= 4 is 25.4 Å². The second-order valence-corrected chi connectivity index (χ2v) is 6.48. The number of nitrogens with zero attached hydrogens (tertiary/aromatic N) is 1. The number of anilines is 1. The third-order valence-corrected chi connectivity index (χ3v) is 4.29. The highest BCUT2D eigenvalue weighted by Gasteiger charge is 2.19. The molecule has 0 radical (unpaired) electrons. The van der Waals surface area contributed by atoms with E-state index in [9.17, 15) is 8.42 Å². The second kappa shape index (κ2) is 4.26. The van der Waals surface area contributed by atoms with Crippen LogP contribution in [0.3, 0.4) is 0 Å². The number of hydrogen-bond acceptors (Lipinski definition) is 3. The summed E-state index contributed by atoms with van der Waals surface area (Å²) in [4.78, 5) is 2.37. The Kier molecular flexibility index (Phi) is 3.13. The summed E-state index contributed by atoms with van der Waals surface area (Å²) in [6, 6.07) is 5.13. The van der Waals surface area contributed by atoms with Crippen molar-refractivity contribution in [3.05, 3.63) is 23.8 Å². The van der Waals surface area contributed by atoms with Crippen LogP contribution in [-0.4, -0.2) is 21.5 Å². The van der Waals surface area contributed by atoms with Gasteiger partial charge in [-0.15, -0.1) is 0 Å². The number of rotatable bonds is 2. The summed E-state index contributed by atoms with van der Waals surface area (Å²) in [7, 11) is 1.72. The Hall–Kier alpha value is -0.740. The summed E-state index contributed by atoms with van der Waals surface area (Å²) >= 11 is 0. The molecule has 16 heavy (non-hydrogen) atoms. The Balaban J connectivity index is 2.51. The van der Waals surface area contributed by atoms with Crippen LogP contribution in [0.15, 0.2) is 23.1 Å². The Labute approximate surface area is 100 Å². The highest BCUT2D eigenvalue weighted by Crippen LogP contribution is 2.30. The monoisotopic (exact) mass is 259 g/mol. The molecule has 5 heteroatoms. The standard InChI is InChI=1S/C11H14ClNO2S/c1-2-13-7-3-4-9-5-6-10(8-11(9)13)16(12,14)15/h5-6,8H,2-4,7H2,1H3. The largest absolute Gasteiger partial charge is 0.372 e. The van der Waals surface area contributed by atoms with Gasteiger partial charge in [-0.05, 0) is 37.5 Å². The molecule has 0 N–H and O–H groups in total. The molecule has 88 valence electrons. The third kappa shape index (κ3) is 2.18. The van der Waals surface area contributed by atoms with Gasteiger partial charge in [0.2, 0.25) is 0 Å². The minimum absolute atomic E-state index is 0.188. The Bertz CT molecular complexity index is 499. The van der Waals surface area contributed by atoms with Crippen molar-refractivity contribution in [2.45, 2.75) is 24.7 Å². The molecule has 1 heterocycles. The minimum Gasteiger partial charge on any atom is -0.372 e. The molecule has 0 fully saturated rings. The van der Waals surface area contributed by atoms with Crippen molar-refractivity contribution in [1.82, 2.24) is 0 Å². The number of fused-ring (bicyclic) bond motifs is 1. The average Bonchev–Trinajstić information content (AvgIpc) is 2.26. The zero-order chi connectivity index (χ0) is 11.8. The lowest BCUT2D eigenvalue weighted by Gasteiger charge is -2.30. The molecular weight excluding hydrogens is 246 g/mol. The van der Waals surface area contributed by atoms with E-state index in [1.54, 1.807) is 12.1 Å². The van der Waals surface area contributed by atoms with Crippen molar-refractivity contribution in [3.63, 3.8) is 0 Å². The van der Waals surface area contributed by atoms with Gasteiger partial charge in [0.05, 0.1) is 4.90 Å². The molecule has 0 saturated heterocycles. The molecule has 1 aliphatic rings. The highest BCUT2D eigenvalue weighted by atomic mass is 35.7. The van der Waals surface area contributed by atoms with Crippen LogP contribution in [0.4, 0.5) is 5.69 Å². The first-order chi connectivity index (χ1) is 7.52. The summed E-state index contributed by atoms with van der Waals surface area (Å²) in [6.07, 6.45) is 2.13. The van der Waals surface area contributed by atoms with E-state index in [1.807, 2.05) is 6.07 Å². The number of hydrogen-bond donors (Lipinski definition) is 0. The van der Waals surface area contributed by atoms with E-state index >= 15 is 0 Å². The zero-order valence-electron chi connectivity index (χ0n) is 9.11. The molecule has 3 nitrogen and oxygen atoms in total. The van der Waals surface area contributed by atoms with Gasteiger partial charge >= 0.3 is 0 Å².